The summed E-state index contributed by atoms with van der Waals surface area (Å²) in [6, 6.07) is 9.52. The molecule has 2 heterocycles. The predicted octanol–water partition coefficient (Wildman–Crippen LogP) is 6.38. The molecule has 2 atom stereocenters. The van der Waals surface area contributed by atoms with Gasteiger partial charge < -0.3 is 23.8 Å². The van der Waals surface area contributed by atoms with Crippen molar-refractivity contribution in [2.75, 3.05) is 25.1 Å². The number of rotatable bonds is 9. The van der Waals surface area contributed by atoms with Crippen LogP contribution in [0.4, 0.5) is 9.93 Å². The molecule has 3 aromatic rings. The predicted molar refractivity (Wildman–Crippen MR) is 163 cm³/mol. The van der Waals surface area contributed by atoms with Crippen LogP contribution in [0, 0.1) is 0 Å². The molecule has 1 aliphatic heterocycles. The number of nitrogens with zero attached hydrogens (tertiary/aromatic N) is 3. The van der Waals surface area contributed by atoms with E-state index in [9.17, 15) is 13.2 Å². The third kappa shape index (κ3) is 7.40. The maximum absolute atomic E-state index is 13.9. The summed E-state index contributed by atoms with van der Waals surface area (Å²) in [4.78, 5) is 18.5. The Morgan fingerprint density at radius 2 is 1.90 bits per heavy atom. The minimum Gasteiger partial charge on any atom is -0.497 e. The van der Waals surface area contributed by atoms with Crippen LogP contribution in [0.2, 0.25) is 5.02 Å². The van der Waals surface area contributed by atoms with Crippen molar-refractivity contribution in [3.8, 4) is 17.2 Å². The number of halogens is 1. The number of likely N-dealkylation sites (tertiary alicyclic amines) is 1. The number of piperidine rings is 1. The van der Waals surface area contributed by atoms with E-state index in [-0.39, 0.29) is 34.7 Å². The molecule has 1 saturated heterocycles. The van der Waals surface area contributed by atoms with Crippen molar-refractivity contribution in [3.05, 3.63) is 58.6 Å². The Kier molecular flexibility index (Phi) is 9.79. The number of hydrogen-bond acceptors (Lipinski definition) is 9. The van der Waals surface area contributed by atoms with Crippen molar-refractivity contribution in [2.45, 2.75) is 69.7 Å². The Morgan fingerprint density at radius 3 is 2.50 bits per heavy atom. The second kappa shape index (κ2) is 13.0. The molecule has 2 aromatic carbocycles. The number of sulfonamides is 1. The van der Waals surface area contributed by atoms with E-state index >= 15 is 0 Å². The molecule has 10 nitrogen and oxygen atoms in total. The molecule has 1 aromatic heterocycles. The van der Waals surface area contributed by atoms with E-state index in [1.54, 1.807) is 47.9 Å². The maximum Gasteiger partial charge on any atom is 0.410 e. The fraction of sp³-hybridized carbons (Fsp3) is 0.448. The topological polar surface area (TPSA) is 108 Å². The SMILES string of the molecule is COc1ccc(CN(c2nccs2)S(=O)(=O)c2ccc(O[C@H]3CCN(C(=O)OC(C)(C)C)C(C)C3)c(Cl)c2)c(OC)c1. The van der Waals surface area contributed by atoms with Crippen molar-refractivity contribution in [3.63, 3.8) is 0 Å². The first-order valence-corrected chi connectivity index (χ1v) is 16.1. The number of carbonyl (C=O) groups excluding carboxylic acids is 1. The number of methoxy groups -OCH3 is 2. The minimum atomic E-state index is -4.08. The van der Waals surface area contributed by atoms with Crippen molar-refractivity contribution < 1.29 is 32.2 Å². The van der Waals surface area contributed by atoms with Crippen LogP contribution in [-0.4, -0.2) is 62.9 Å². The molecule has 228 valence electrons. The second-order valence-corrected chi connectivity index (χ2v) is 14.0. The first-order chi connectivity index (χ1) is 19.8. The van der Waals surface area contributed by atoms with E-state index in [0.717, 1.165) is 0 Å². The lowest BCUT2D eigenvalue weighted by molar-refractivity contribution is -0.00103. The Morgan fingerprint density at radius 1 is 1.14 bits per heavy atom. The van der Waals surface area contributed by atoms with Crippen LogP contribution in [0.5, 0.6) is 17.2 Å². The van der Waals surface area contributed by atoms with E-state index in [4.69, 9.17) is 30.5 Å². The Labute approximate surface area is 256 Å². The van der Waals surface area contributed by atoms with Crippen LogP contribution in [0.1, 0.15) is 46.1 Å². The molecule has 0 radical (unpaired) electrons. The zero-order valence-corrected chi connectivity index (χ0v) is 26.9. The molecular formula is C29H36ClN3O7S2. The van der Waals surface area contributed by atoms with Gasteiger partial charge in [-0.25, -0.2) is 22.5 Å². The van der Waals surface area contributed by atoms with Gasteiger partial charge in [0.05, 0.1) is 30.7 Å². The van der Waals surface area contributed by atoms with Crippen molar-refractivity contribution in [1.29, 1.82) is 0 Å². The first kappa shape index (κ1) is 31.7. The lowest BCUT2D eigenvalue weighted by Crippen LogP contribution is -2.49. The quantitative estimate of drug-likeness (QED) is 0.266. The normalized spacial score (nSPS) is 17.5. The third-order valence-electron chi connectivity index (χ3n) is 6.68. The monoisotopic (exact) mass is 637 g/mol. The van der Waals surface area contributed by atoms with Gasteiger partial charge in [-0.2, -0.15) is 0 Å². The van der Waals surface area contributed by atoms with Gasteiger partial charge in [-0.1, -0.05) is 11.6 Å². The molecule has 0 N–H and O–H groups in total. The van der Waals surface area contributed by atoms with Gasteiger partial charge in [0.25, 0.3) is 10.0 Å². The number of amides is 1. The standard InChI is InChI=1S/C29H36ClN3O7S2/c1-19-15-22(11-13-32(19)28(34)40-29(2,3)4)39-25-10-9-23(17-24(25)30)42(35,36)33(27-31-12-14-41-27)18-20-7-8-21(37-5)16-26(20)38-6/h7-10,12,14,16-17,19,22H,11,13,15,18H2,1-6H3/t19?,22-/m0/s1. The number of aromatic nitrogens is 1. The van der Waals surface area contributed by atoms with Gasteiger partial charge in [0.2, 0.25) is 0 Å². The van der Waals surface area contributed by atoms with E-state index < -0.39 is 15.6 Å². The summed E-state index contributed by atoms with van der Waals surface area (Å²) in [5.74, 6) is 1.45. The Bertz CT molecular complexity index is 1490. The van der Waals surface area contributed by atoms with Gasteiger partial charge in [-0.3, -0.25) is 0 Å². The molecule has 1 aliphatic rings. The van der Waals surface area contributed by atoms with E-state index in [0.29, 0.717) is 47.3 Å². The van der Waals surface area contributed by atoms with Crippen molar-refractivity contribution in [2.24, 2.45) is 0 Å². The molecule has 1 unspecified atom stereocenters. The summed E-state index contributed by atoms with van der Waals surface area (Å²) in [7, 11) is -1.02. The molecule has 4 rings (SSSR count). The molecule has 0 saturated carbocycles. The molecule has 13 heteroatoms. The number of hydrogen-bond donors (Lipinski definition) is 0. The average Bonchev–Trinajstić information content (AvgIpc) is 3.46. The highest BCUT2D eigenvalue weighted by atomic mass is 35.5. The molecule has 42 heavy (non-hydrogen) atoms. The van der Waals surface area contributed by atoms with Crippen LogP contribution in [0.3, 0.4) is 0 Å². The Hall–Kier alpha value is -3.22. The van der Waals surface area contributed by atoms with Gasteiger partial charge in [-0.05, 0) is 58.0 Å². The zero-order chi connectivity index (χ0) is 30.7. The highest BCUT2D eigenvalue weighted by Crippen LogP contribution is 2.35. The van der Waals surface area contributed by atoms with E-state index in [1.807, 2.05) is 27.7 Å². The molecule has 0 spiro atoms. The minimum absolute atomic E-state index is 0.00404. The van der Waals surface area contributed by atoms with Gasteiger partial charge in [0.15, 0.2) is 5.13 Å². The number of benzene rings is 2. The summed E-state index contributed by atoms with van der Waals surface area (Å²) in [6.07, 6.45) is 2.16. The summed E-state index contributed by atoms with van der Waals surface area (Å²) >= 11 is 7.78. The maximum atomic E-state index is 13.9. The van der Waals surface area contributed by atoms with Crippen LogP contribution in [0.15, 0.2) is 52.9 Å². The average molecular weight is 638 g/mol. The largest absolute Gasteiger partial charge is 0.497 e. The summed E-state index contributed by atoms with van der Waals surface area (Å²) in [5, 5.41) is 2.18. The smallest absolute Gasteiger partial charge is 0.410 e. The zero-order valence-electron chi connectivity index (χ0n) is 24.5. The van der Waals surface area contributed by atoms with Crippen LogP contribution >= 0.6 is 22.9 Å². The number of ether oxygens (including phenoxy) is 4. The number of thiazole rings is 1. The van der Waals surface area contributed by atoms with E-state index in [2.05, 4.69) is 4.98 Å². The third-order valence-corrected chi connectivity index (χ3v) is 9.62. The van der Waals surface area contributed by atoms with Gasteiger partial charge >= 0.3 is 6.09 Å². The molecule has 0 aliphatic carbocycles. The first-order valence-electron chi connectivity index (χ1n) is 13.4. The number of carbonyl (C=O) groups is 1. The summed E-state index contributed by atoms with van der Waals surface area (Å²) in [6.45, 7) is 7.91. The van der Waals surface area contributed by atoms with Crippen LogP contribution < -0.4 is 18.5 Å². The van der Waals surface area contributed by atoms with Gasteiger partial charge in [0.1, 0.15) is 29.0 Å². The fourth-order valence-corrected chi connectivity index (χ4v) is 7.19. The number of anilines is 1. The highest BCUT2D eigenvalue weighted by Gasteiger charge is 2.33. The molecule has 1 amide bonds. The fourth-order valence-electron chi connectivity index (χ4n) is 4.60. The lowest BCUT2D eigenvalue weighted by Gasteiger charge is -2.38. The second-order valence-electron chi connectivity index (χ2n) is 10.9. The van der Waals surface area contributed by atoms with E-state index in [1.165, 1.54) is 34.9 Å². The van der Waals surface area contributed by atoms with Gasteiger partial charge in [-0.15, -0.1) is 11.3 Å². The molecule has 0 bridgehead atoms. The summed E-state index contributed by atoms with van der Waals surface area (Å²) in [5.41, 5.74) is 0.0604. The Balaban J connectivity index is 1.52. The van der Waals surface area contributed by atoms with Crippen molar-refractivity contribution >= 4 is 44.2 Å². The van der Waals surface area contributed by atoms with Gasteiger partial charge in [0, 0.05) is 48.6 Å². The molecular weight excluding hydrogens is 602 g/mol. The summed E-state index contributed by atoms with van der Waals surface area (Å²) < 4.78 is 51.5. The van der Waals surface area contributed by atoms with Crippen LogP contribution in [0.25, 0.3) is 0 Å². The highest BCUT2D eigenvalue weighted by molar-refractivity contribution is 7.93. The van der Waals surface area contributed by atoms with Crippen molar-refractivity contribution in [1.82, 2.24) is 9.88 Å². The van der Waals surface area contributed by atoms with Crippen LogP contribution in [-0.2, 0) is 21.3 Å². The lowest BCUT2D eigenvalue weighted by atomic mass is 10.0. The molecule has 1 fully saturated rings.